The fraction of sp³-hybridized carbons (Fsp3) is 0.429. The first-order chi connectivity index (χ1) is 8.91. The summed E-state index contributed by atoms with van der Waals surface area (Å²) in [6, 6.07) is 2.92. The molecule has 1 amide bonds. The number of fused-ring (bicyclic) bond motifs is 1. The third-order valence-electron chi connectivity index (χ3n) is 3.15. The van der Waals surface area contributed by atoms with E-state index in [1.54, 1.807) is 13.0 Å². The van der Waals surface area contributed by atoms with Crippen LogP contribution in [0, 0.1) is 12.7 Å². The maximum atomic E-state index is 14.0. The quantitative estimate of drug-likeness (QED) is 0.776. The summed E-state index contributed by atoms with van der Waals surface area (Å²) in [4.78, 5) is 27.0. The van der Waals surface area contributed by atoms with Crippen molar-refractivity contribution in [1.82, 2.24) is 4.90 Å². The maximum Gasteiger partial charge on any atom is 0.299 e. The molecule has 102 valence electrons. The van der Waals surface area contributed by atoms with Gasteiger partial charge in [-0.2, -0.15) is 0 Å². The molecule has 0 aliphatic carbocycles. The van der Waals surface area contributed by atoms with E-state index in [4.69, 9.17) is 0 Å². The molecule has 0 unspecified atom stereocenters. The van der Waals surface area contributed by atoms with E-state index in [1.807, 2.05) is 19.0 Å². The minimum atomic E-state index is -0.627. The zero-order valence-corrected chi connectivity index (χ0v) is 11.4. The Morgan fingerprint density at radius 2 is 1.95 bits per heavy atom. The number of amides is 1. The number of ketones is 1. The van der Waals surface area contributed by atoms with Gasteiger partial charge >= 0.3 is 0 Å². The van der Waals surface area contributed by atoms with Crippen molar-refractivity contribution < 1.29 is 14.0 Å². The summed E-state index contributed by atoms with van der Waals surface area (Å²) in [5.74, 6) is -1.74. The summed E-state index contributed by atoms with van der Waals surface area (Å²) in [7, 11) is 3.85. The molecule has 1 aromatic carbocycles. The Balaban J connectivity index is 2.28. The number of anilines is 1. The van der Waals surface area contributed by atoms with E-state index in [9.17, 15) is 14.0 Å². The summed E-state index contributed by atoms with van der Waals surface area (Å²) in [6.45, 7) is 2.84. The van der Waals surface area contributed by atoms with Crippen molar-refractivity contribution >= 4 is 17.4 Å². The van der Waals surface area contributed by atoms with E-state index in [2.05, 4.69) is 0 Å². The first-order valence-corrected chi connectivity index (χ1v) is 6.23. The molecule has 0 atom stereocenters. The molecule has 1 aliphatic heterocycles. The number of rotatable bonds is 4. The van der Waals surface area contributed by atoms with E-state index in [1.165, 1.54) is 11.0 Å². The summed E-state index contributed by atoms with van der Waals surface area (Å²) in [5, 5.41) is 0. The molecule has 0 aromatic heterocycles. The highest BCUT2D eigenvalue weighted by atomic mass is 19.1. The third-order valence-corrected chi connectivity index (χ3v) is 3.15. The molecule has 0 saturated heterocycles. The number of aryl methyl sites for hydroxylation is 1. The molecule has 1 aromatic rings. The second kappa shape index (κ2) is 5.09. The lowest BCUT2D eigenvalue weighted by Crippen LogP contribution is -2.32. The Hall–Kier alpha value is -1.75. The standard InChI is InChI=1S/C14H17FN2O2/c1-9-7-10-12(11(15)8-9)17(14(19)13(10)18)6-4-5-16(2)3/h7-8H,4-6H2,1-3H3. The average Bonchev–Trinajstić information content (AvgIpc) is 2.54. The summed E-state index contributed by atoms with van der Waals surface area (Å²) in [5.41, 5.74) is 0.972. The molecule has 0 N–H and O–H groups in total. The van der Waals surface area contributed by atoms with Gasteiger partial charge in [0.15, 0.2) is 0 Å². The van der Waals surface area contributed by atoms with Gasteiger partial charge in [-0.3, -0.25) is 9.59 Å². The third kappa shape index (κ3) is 2.51. The molecule has 0 radical (unpaired) electrons. The molecular formula is C14H17FN2O2. The lowest BCUT2D eigenvalue weighted by molar-refractivity contribution is -0.114. The fourth-order valence-corrected chi connectivity index (χ4v) is 2.28. The molecule has 0 fully saturated rings. The van der Waals surface area contributed by atoms with Crippen molar-refractivity contribution in [2.24, 2.45) is 0 Å². The number of hydrogen-bond donors (Lipinski definition) is 0. The number of hydrogen-bond acceptors (Lipinski definition) is 3. The van der Waals surface area contributed by atoms with Crippen LogP contribution in [0.1, 0.15) is 22.3 Å². The average molecular weight is 264 g/mol. The number of nitrogens with zero attached hydrogens (tertiary/aromatic N) is 2. The van der Waals surface area contributed by atoms with Gasteiger partial charge in [0.1, 0.15) is 5.82 Å². The molecule has 1 heterocycles. The van der Waals surface area contributed by atoms with Crippen LogP contribution in [0.25, 0.3) is 0 Å². The van der Waals surface area contributed by atoms with Gasteiger partial charge in [0, 0.05) is 6.54 Å². The Bertz CT molecular complexity index is 540. The summed E-state index contributed by atoms with van der Waals surface area (Å²) in [6.07, 6.45) is 0.693. The number of halogens is 1. The highest BCUT2D eigenvalue weighted by Crippen LogP contribution is 2.32. The molecule has 0 spiro atoms. The predicted molar refractivity (Wildman–Crippen MR) is 71.0 cm³/mol. The van der Waals surface area contributed by atoms with Crippen LogP contribution in [0.3, 0.4) is 0 Å². The summed E-state index contributed by atoms with van der Waals surface area (Å²) >= 11 is 0. The number of benzene rings is 1. The monoisotopic (exact) mass is 264 g/mol. The zero-order chi connectivity index (χ0) is 14.2. The Morgan fingerprint density at radius 1 is 1.26 bits per heavy atom. The predicted octanol–water partition coefficient (Wildman–Crippen LogP) is 1.62. The fourth-order valence-electron chi connectivity index (χ4n) is 2.28. The van der Waals surface area contributed by atoms with Crippen molar-refractivity contribution in [2.45, 2.75) is 13.3 Å². The van der Waals surface area contributed by atoms with Gasteiger partial charge in [-0.15, -0.1) is 0 Å². The van der Waals surface area contributed by atoms with E-state index in [-0.39, 0.29) is 11.3 Å². The van der Waals surface area contributed by atoms with Gasteiger partial charge in [-0.05, 0) is 51.7 Å². The maximum absolute atomic E-state index is 14.0. The van der Waals surface area contributed by atoms with Crippen molar-refractivity contribution in [3.8, 4) is 0 Å². The molecule has 0 bridgehead atoms. The van der Waals surface area contributed by atoms with E-state index in [0.29, 0.717) is 18.5 Å². The van der Waals surface area contributed by atoms with E-state index < -0.39 is 17.5 Å². The molecular weight excluding hydrogens is 247 g/mol. The largest absolute Gasteiger partial charge is 0.309 e. The van der Waals surface area contributed by atoms with Gasteiger partial charge < -0.3 is 9.80 Å². The van der Waals surface area contributed by atoms with Crippen LogP contribution in [0.4, 0.5) is 10.1 Å². The van der Waals surface area contributed by atoms with Crippen LogP contribution in [-0.2, 0) is 4.79 Å². The van der Waals surface area contributed by atoms with Gasteiger partial charge in [-0.25, -0.2) is 4.39 Å². The van der Waals surface area contributed by atoms with E-state index in [0.717, 1.165) is 6.54 Å². The number of Topliss-reactive ketones (excluding diaryl/α,β-unsaturated/α-hetero) is 1. The minimum Gasteiger partial charge on any atom is -0.309 e. The van der Waals surface area contributed by atoms with Crippen molar-refractivity contribution in [3.63, 3.8) is 0 Å². The van der Waals surface area contributed by atoms with Crippen molar-refractivity contribution in [3.05, 3.63) is 29.1 Å². The Morgan fingerprint density at radius 3 is 2.58 bits per heavy atom. The molecule has 19 heavy (non-hydrogen) atoms. The lowest BCUT2D eigenvalue weighted by Gasteiger charge is -2.18. The zero-order valence-electron chi connectivity index (χ0n) is 11.4. The SMILES string of the molecule is Cc1cc(F)c2c(c1)C(=O)C(=O)N2CCCN(C)C. The smallest absolute Gasteiger partial charge is 0.299 e. The first-order valence-electron chi connectivity index (χ1n) is 6.23. The molecule has 0 saturated carbocycles. The van der Waals surface area contributed by atoms with Gasteiger partial charge in [0.05, 0.1) is 11.3 Å². The van der Waals surface area contributed by atoms with Gasteiger partial charge in [0.2, 0.25) is 0 Å². The second-order valence-corrected chi connectivity index (χ2v) is 5.09. The Kier molecular flexibility index (Phi) is 3.66. The van der Waals surface area contributed by atoms with Crippen LogP contribution in [0.5, 0.6) is 0 Å². The van der Waals surface area contributed by atoms with Crippen LogP contribution in [0.2, 0.25) is 0 Å². The number of carbonyl (C=O) groups excluding carboxylic acids is 2. The summed E-state index contributed by atoms with van der Waals surface area (Å²) < 4.78 is 14.0. The van der Waals surface area contributed by atoms with Crippen molar-refractivity contribution in [1.29, 1.82) is 0 Å². The van der Waals surface area contributed by atoms with Crippen molar-refractivity contribution in [2.75, 3.05) is 32.1 Å². The van der Waals surface area contributed by atoms with Gasteiger partial charge in [-0.1, -0.05) is 0 Å². The van der Waals surface area contributed by atoms with Crippen LogP contribution in [0.15, 0.2) is 12.1 Å². The highest BCUT2D eigenvalue weighted by molar-refractivity contribution is 6.52. The molecule has 2 rings (SSSR count). The van der Waals surface area contributed by atoms with Crippen LogP contribution >= 0.6 is 0 Å². The lowest BCUT2D eigenvalue weighted by atomic mass is 10.1. The molecule has 5 heteroatoms. The topological polar surface area (TPSA) is 40.6 Å². The normalized spacial score (nSPS) is 14.5. The van der Waals surface area contributed by atoms with Gasteiger partial charge in [0.25, 0.3) is 11.7 Å². The van der Waals surface area contributed by atoms with Crippen LogP contribution < -0.4 is 4.90 Å². The van der Waals surface area contributed by atoms with Crippen LogP contribution in [-0.4, -0.2) is 43.8 Å². The molecule has 4 nitrogen and oxygen atoms in total. The van der Waals surface area contributed by atoms with E-state index >= 15 is 0 Å². The first kappa shape index (κ1) is 13.7. The Labute approximate surface area is 111 Å². The highest BCUT2D eigenvalue weighted by Gasteiger charge is 2.37. The minimum absolute atomic E-state index is 0.138. The molecule has 1 aliphatic rings. The second-order valence-electron chi connectivity index (χ2n) is 5.09. The number of carbonyl (C=O) groups is 2.